The summed E-state index contributed by atoms with van der Waals surface area (Å²) in [7, 11) is -2.27. The molecule has 152 valence electrons. The summed E-state index contributed by atoms with van der Waals surface area (Å²) in [4.78, 5) is 12.6. The molecule has 0 radical (unpaired) electrons. The van der Waals surface area contributed by atoms with Crippen molar-refractivity contribution < 1.29 is 17.9 Å². The van der Waals surface area contributed by atoms with Gasteiger partial charge in [-0.3, -0.25) is 4.79 Å². The second kappa shape index (κ2) is 9.82. The van der Waals surface area contributed by atoms with Crippen LogP contribution in [-0.2, 0) is 14.8 Å². The monoisotopic (exact) mass is 404 g/mol. The van der Waals surface area contributed by atoms with E-state index < -0.39 is 10.0 Å². The highest BCUT2D eigenvalue weighted by molar-refractivity contribution is 7.89. The SMILES string of the molecule is CNS(=O)(=O)c1cc(C(=O)NCCCOC(C)c2ccccc2)cc(C)c1C. The van der Waals surface area contributed by atoms with E-state index in [-0.39, 0.29) is 16.9 Å². The lowest BCUT2D eigenvalue weighted by Gasteiger charge is -2.14. The van der Waals surface area contributed by atoms with E-state index in [4.69, 9.17) is 4.74 Å². The van der Waals surface area contributed by atoms with Gasteiger partial charge in [0.25, 0.3) is 5.91 Å². The Bertz CT molecular complexity index is 912. The van der Waals surface area contributed by atoms with Crippen molar-refractivity contribution in [2.24, 2.45) is 0 Å². The van der Waals surface area contributed by atoms with Gasteiger partial charge < -0.3 is 10.1 Å². The molecule has 0 saturated heterocycles. The van der Waals surface area contributed by atoms with E-state index >= 15 is 0 Å². The summed E-state index contributed by atoms with van der Waals surface area (Å²) in [5.41, 5.74) is 2.83. The van der Waals surface area contributed by atoms with Crippen molar-refractivity contribution in [3.8, 4) is 0 Å². The van der Waals surface area contributed by atoms with Crippen LogP contribution in [0.2, 0.25) is 0 Å². The minimum Gasteiger partial charge on any atom is -0.374 e. The predicted octanol–water partition coefficient (Wildman–Crippen LogP) is 3.11. The standard InChI is InChI=1S/C21H28N2O4S/c1-15-13-19(14-20(16(15)2)28(25,26)22-4)21(24)23-11-8-12-27-17(3)18-9-6-5-7-10-18/h5-7,9-10,13-14,17,22H,8,11-12H2,1-4H3,(H,23,24). The van der Waals surface area contributed by atoms with Gasteiger partial charge in [-0.05, 0) is 63.1 Å². The number of carbonyl (C=O) groups excluding carboxylic acids is 1. The maximum atomic E-state index is 12.4. The predicted molar refractivity (Wildman–Crippen MR) is 110 cm³/mol. The van der Waals surface area contributed by atoms with Crippen LogP contribution in [0.15, 0.2) is 47.4 Å². The zero-order valence-corrected chi connectivity index (χ0v) is 17.6. The van der Waals surface area contributed by atoms with Crippen LogP contribution < -0.4 is 10.0 Å². The van der Waals surface area contributed by atoms with Crippen molar-refractivity contribution in [3.63, 3.8) is 0 Å². The summed E-state index contributed by atoms with van der Waals surface area (Å²) in [5.74, 6) is -0.299. The molecule has 2 N–H and O–H groups in total. The molecule has 1 atom stereocenters. The Morgan fingerprint density at radius 3 is 2.46 bits per heavy atom. The molecule has 6 nitrogen and oxygen atoms in total. The molecule has 0 saturated carbocycles. The highest BCUT2D eigenvalue weighted by Crippen LogP contribution is 2.21. The summed E-state index contributed by atoms with van der Waals surface area (Å²) in [5, 5.41) is 2.82. The van der Waals surface area contributed by atoms with Crippen LogP contribution in [0.4, 0.5) is 0 Å². The van der Waals surface area contributed by atoms with Gasteiger partial charge >= 0.3 is 0 Å². The van der Waals surface area contributed by atoms with E-state index in [0.29, 0.717) is 30.7 Å². The minimum atomic E-state index is -3.62. The number of carbonyl (C=O) groups is 1. The fraction of sp³-hybridized carbons (Fsp3) is 0.381. The summed E-state index contributed by atoms with van der Waals surface area (Å²) >= 11 is 0. The van der Waals surface area contributed by atoms with E-state index in [1.165, 1.54) is 13.1 Å². The normalized spacial score (nSPS) is 12.6. The van der Waals surface area contributed by atoms with Gasteiger partial charge in [0.2, 0.25) is 10.0 Å². The molecule has 0 aliphatic heterocycles. The van der Waals surface area contributed by atoms with Gasteiger partial charge in [0.05, 0.1) is 11.0 Å². The molecular formula is C21H28N2O4S. The van der Waals surface area contributed by atoms with Crippen LogP contribution in [0, 0.1) is 13.8 Å². The molecule has 0 aromatic heterocycles. The first-order valence-corrected chi connectivity index (χ1v) is 10.7. The third-order valence-corrected chi connectivity index (χ3v) is 6.22. The van der Waals surface area contributed by atoms with E-state index in [1.807, 2.05) is 37.3 Å². The Hall–Kier alpha value is -2.22. The van der Waals surface area contributed by atoms with E-state index in [9.17, 15) is 13.2 Å². The largest absolute Gasteiger partial charge is 0.374 e. The lowest BCUT2D eigenvalue weighted by atomic mass is 10.1. The van der Waals surface area contributed by atoms with Crippen molar-refractivity contribution in [1.29, 1.82) is 0 Å². The average molecular weight is 405 g/mol. The number of hydrogen-bond acceptors (Lipinski definition) is 4. The molecule has 2 aromatic carbocycles. The fourth-order valence-electron chi connectivity index (χ4n) is 2.80. The van der Waals surface area contributed by atoms with Gasteiger partial charge in [0.15, 0.2) is 0 Å². The molecule has 28 heavy (non-hydrogen) atoms. The number of amides is 1. The Balaban J connectivity index is 1.90. The molecule has 7 heteroatoms. The second-order valence-electron chi connectivity index (χ2n) is 6.66. The number of hydrogen-bond donors (Lipinski definition) is 2. The van der Waals surface area contributed by atoms with Crippen LogP contribution in [-0.4, -0.2) is 34.5 Å². The molecule has 2 rings (SSSR count). The van der Waals surface area contributed by atoms with Gasteiger partial charge in [-0.15, -0.1) is 0 Å². The summed E-state index contributed by atoms with van der Waals surface area (Å²) in [6, 6.07) is 13.1. The van der Waals surface area contributed by atoms with Gasteiger partial charge in [-0.25, -0.2) is 13.1 Å². The number of aryl methyl sites for hydroxylation is 1. The van der Waals surface area contributed by atoms with E-state index in [2.05, 4.69) is 10.0 Å². The Labute approximate surface area is 167 Å². The quantitative estimate of drug-likeness (QED) is 0.629. The zero-order valence-electron chi connectivity index (χ0n) is 16.8. The van der Waals surface area contributed by atoms with Crippen molar-refractivity contribution >= 4 is 15.9 Å². The second-order valence-corrected chi connectivity index (χ2v) is 8.51. The van der Waals surface area contributed by atoms with Crippen LogP contribution in [0.5, 0.6) is 0 Å². The van der Waals surface area contributed by atoms with Gasteiger partial charge in [-0.2, -0.15) is 0 Å². The number of nitrogens with one attached hydrogen (secondary N) is 2. The first-order valence-electron chi connectivity index (χ1n) is 9.26. The smallest absolute Gasteiger partial charge is 0.251 e. The number of rotatable bonds is 9. The molecule has 0 aliphatic rings. The molecule has 0 heterocycles. The average Bonchev–Trinajstić information content (AvgIpc) is 2.69. The third kappa shape index (κ3) is 5.64. The molecule has 0 fully saturated rings. The summed E-state index contributed by atoms with van der Waals surface area (Å²) in [6.45, 7) is 6.48. The van der Waals surface area contributed by atoms with Crippen LogP contribution in [0.1, 0.15) is 46.5 Å². The van der Waals surface area contributed by atoms with Crippen molar-refractivity contribution in [1.82, 2.24) is 10.0 Å². The molecule has 0 bridgehead atoms. The van der Waals surface area contributed by atoms with Crippen LogP contribution in [0.25, 0.3) is 0 Å². The maximum absolute atomic E-state index is 12.4. The molecule has 0 spiro atoms. The first-order chi connectivity index (χ1) is 13.3. The number of ether oxygens (including phenoxy) is 1. The van der Waals surface area contributed by atoms with E-state index in [0.717, 1.165) is 11.1 Å². The lowest BCUT2D eigenvalue weighted by molar-refractivity contribution is 0.0635. The Morgan fingerprint density at radius 2 is 1.82 bits per heavy atom. The van der Waals surface area contributed by atoms with Gasteiger partial charge in [0.1, 0.15) is 0 Å². The lowest BCUT2D eigenvalue weighted by Crippen LogP contribution is -2.26. The summed E-state index contributed by atoms with van der Waals surface area (Å²) in [6.07, 6.45) is 0.654. The van der Waals surface area contributed by atoms with Gasteiger partial charge in [-0.1, -0.05) is 30.3 Å². The molecule has 1 unspecified atom stereocenters. The van der Waals surface area contributed by atoms with Crippen LogP contribution >= 0.6 is 0 Å². The molecule has 0 aliphatic carbocycles. The minimum absolute atomic E-state index is 0.00837. The Kier molecular flexibility index (Phi) is 7.74. The molecule has 2 aromatic rings. The van der Waals surface area contributed by atoms with Crippen molar-refractivity contribution in [3.05, 3.63) is 64.7 Å². The Morgan fingerprint density at radius 1 is 1.14 bits per heavy atom. The fourth-order valence-corrected chi connectivity index (χ4v) is 3.87. The first kappa shape index (κ1) is 22.1. The highest BCUT2D eigenvalue weighted by Gasteiger charge is 2.19. The molecule has 1 amide bonds. The maximum Gasteiger partial charge on any atom is 0.251 e. The third-order valence-electron chi connectivity index (χ3n) is 4.68. The van der Waals surface area contributed by atoms with Crippen LogP contribution in [0.3, 0.4) is 0 Å². The highest BCUT2D eigenvalue weighted by atomic mass is 32.2. The number of benzene rings is 2. The van der Waals surface area contributed by atoms with Gasteiger partial charge in [0, 0.05) is 18.7 Å². The van der Waals surface area contributed by atoms with Crippen molar-refractivity contribution in [2.45, 2.75) is 38.2 Å². The topological polar surface area (TPSA) is 84.5 Å². The van der Waals surface area contributed by atoms with E-state index in [1.54, 1.807) is 19.9 Å². The van der Waals surface area contributed by atoms with Crippen molar-refractivity contribution in [2.75, 3.05) is 20.2 Å². The number of sulfonamides is 1. The zero-order chi connectivity index (χ0) is 20.7. The summed E-state index contributed by atoms with van der Waals surface area (Å²) < 4.78 is 32.4. The molecular weight excluding hydrogens is 376 g/mol.